The molecule has 0 bridgehead atoms. The fraction of sp³-hybridized carbons (Fsp3) is 0.455. The van der Waals surface area contributed by atoms with Crippen LogP contribution in [0.3, 0.4) is 0 Å². The number of thiophene rings is 1. The molecule has 0 aromatic carbocycles. The summed E-state index contributed by atoms with van der Waals surface area (Å²) in [6, 6.07) is 0. The average molecular weight is 554 g/mol. The molecule has 1 aromatic rings. The van der Waals surface area contributed by atoms with E-state index in [2.05, 4.69) is 65.1 Å². The number of nitrogens with one attached hydrogen (secondary N) is 2. The normalized spacial score (nSPS) is 15.6. The SMILES string of the molecule is CCOC(=S)NC1(NC(=O)c2sc(Br)c(Br)c2I)CC1. The van der Waals surface area contributed by atoms with E-state index in [1.807, 2.05) is 6.92 Å². The van der Waals surface area contributed by atoms with Crippen molar-refractivity contribution in [3.8, 4) is 0 Å². The molecule has 1 heterocycles. The Morgan fingerprint density at radius 3 is 2.60 bits per heavy atom. The van der Waals surface area contributed by atoms with E-state index in [-0.39, 0.29) is 5.91 Å². The highest BCUT2D eigenvalue weighted by atomic mass is 127. The maximum Gasteiger partial charge on any atom is 0.264 e. The second kappa shape index (κ2) is 6.76. The lowest BCUT2D eigenvalue weighted by atomic mass is 10.4. The predicted octanol–water partition coefficient (Wildman–Crippen LogP) is 4.01. The molecule has 20 heavy (non-hydrogen) atoms. The van der Waals surface area contributed by atoms with Crippen molar-refractivity contribution in [3.05, 3.63) is 16.7 Å². The summed E-state index contributed by atoms with van der Waals surface area (Å²) >= 11 is 15.5. The third kappa shape index (κ3) is 3.84. The Hall–Kier alpha value is 0.550. The Labute approximate surface area is 156 Å². The third-order valence-electron chi connectivity index (χ3n) is 2.68. The van der Waals surface area contributed by atoms with Crippen LogP contribution in [-0.2, 0) is 4.74 Å². The molecular weight excluding hydrogens is 543 g/mol. The van der Waals surface area contributed by atoms with Crippen LogP contribution in [0.5, 0.6) is 0 Å². The van der Waals surface area contributed by atoms with Gasteiger partial charge in [0.15, 0.2) is 0 Å². The van der Waals surface area contributed by atoms with E-state index in [1.54, 1.807) is 0 Å². The van der Waals surface area contributed by atoms with Gasteiger partial charge in [-0.2, -0.15) is 0 Å². The zero-order valence-corrected chi connectivity index (χ0v) is 17.4. The molecular formula is C11H11Br2IN2O2S2. The minimum atomic E-state index is -0.449. The second-order valence-corrected chi connectivity index (χ2v) is 8.80. The van der Waals surface area contributed by atoms with Crippen LogP contribution in [0, 0.1) is 3.57 Å². The molecule has 0 radical (unpaired) electrons. The first kappa shape index (κ1) is 16.9. The molecule has 9 heteroatoms. The first-order valence-electron chi connectivity index (χ1n) is 5.79. The molecule has 1 amide bonds. The third-order valence-corrected chi connectivity index (χ3v) is 8.53. The van der Waals surface area contributed by atoms with Crippen LogP contribution in [0.4, 0.5) is 0 Å². The first-order valence-corrected chi connectivity index (χ1v) is 9.68. The van der Waals surface area contributed by atoms with Gasteiger partial charge in [0.25, 0.3) is 11.1 Å². The summed E-state index contributed by atoms with van der Waals surface area (Å²) < 4.78 is 7.93. The van der Waals surface area contributed by atoms with E-state index >= 15 is 0 Å². The van der Waals surface area contributed by atoms with E-state index in [9.17, 15) is 4.79 Å². The van der Waals surface area contributed by atoms with E-state index in [1.165, 1.54) is 11.3 Å². The van der Waals surface area contributed by atoms with E-state index in [0.29, 0.717) is 16.7 Å². The number of thiocarbonyl (C=S) groups is 1. The quantitative estimate of drug-likeness (QED) is 0.336. The zero-order valence-electron chi connectivity index (χ0n) is 10.4. The van der Waals surface area contributed by atoms with E-state index in [0.717, 1.165) is 24.7 Å². The highest BCUT2D eigenvalue weighted by Gasteiger charge is 2.45. The predicted molar refractivity (Wildman–Crippen MR) is 99.2 cm³/mol. The Balaban J connectivity index is 2.04. The number of hydrogen-bond acceptors (Lipinski definition) is 4. The Morgan fingerprint density at radius 1 is 1.50 bits per heavy atom. The summed E-state index contributed by atoms with van der Waals surface area (Å²) in [4.78, 5) is 13.0. The molecule has 0 unspecified atom stereocenters. The maximum absolute atomic E-state index is 12.4. The maximum atomic E-state index is 12.4. The van der Waals surface area contributed by atoms with Gasteiger partial charge >= 0.3 is 0 Å². The molecule has 2 N–H and O–H groups in total. The second-order valence-electron chi connectivity index (χ2n) is 4.21. The summed E-state index contributed by atoms with van der Waals surface area (Å²) in [6.45, 7) is 2.38. The molecule has 110 valence electrons. The number of amides is 1. The summed E-state index contributed by atoms with van der Waals surface area (Å²) in [6.07, 6.45) is 1.69. The molecule has 1 aliphatic rings. The van der Waals surface area contributed by atoms with E-state index in [4.69, 9.17) is 17.0 Å². The van der Waals surface area contributed by atoms with Crippen molar-refractivity contribution < 1.29 is 9.53 Å². The molecule has 0 saturated heterocycles. The topological polar surface area (TPSA) is 50.4 Å². The molecule has 0 aliphatic heterocycles. The van der Waals surface area contributed by atoms with Gasteiger partial charge in [-0.05, 0) is 86.4 Å². The number of carbonyl (C=O) groups excluding carboxylic acids is 1. The summed E-state index contributed by atoms with van der Waals surface area (Å²) in [5.41, 5.74) is -0.449. The standard InChI is InChI=1S/C11H11Br2IN2O2S2/c1-2-18-10(19)16-11(3-4-11)15-9(17)7-6(14)5(12)8(13)20-7/h2-4H2,1H3,(H,15,17)(H,16,19). The minimum absolute atomic E-state index is 0.102. The molecule has 1 aliphatic carbocycles. The lowest BCUT2D eigenvalue weighted by Gasteiger charge is -2.20. The van der Waals surface area contributed by atoms with Crippen LogP contribution in [0.2, 0.25) is 0 Å². The number of hydrogen-bond donors (Lipinski definition) is 2. The van der Waals surface area contributed by atoms with Crippen molar-refractivity contribution in [2.45, 2.75) is 25.4 Å². The van der Waals surface area contributed by atoms with E-state index < -0.39 is 5.66 Å². The van der Waals surface area contributed by atoms with Gasteiger partial charge in [-0.15, -0.1) is 11.3 Å². The summed E-state index contributed by atoms with van der Waals surface area (Å²) in [5.74, 6) is -0.102. The first-order chi connectivity index (χ1) is 9.38. The highest BCUT2D eigenvalue weighted by molar-refractivity contribution is 14.1. The molecule has 4 nitrogen and oxygen atoms in total. The summed E-state index contributed by atoms with van der Waals surface area (Å²) in [5, 5.41) is 6.39. The molecule has 1 fully saturated rings. The number of rotatable bonds is 4. The van der Waals surface area contributed by atoms with Crippen LogP contribution in [-0.4, -0.2) is 23.4 Å². The molecule has 0 spiro atoms. The average Bonchev–Trinajstić information content (AvgIpc) is 3.07. The van der Waals surface area contributed by atoms with Crippen molar-refractivity contribution >= 4 is 89.1 Å². The van der Waals surface area contributed by atoms with Gasteiger partial charge in [-0.1, -0.05) is 0 Å². The Kier molecular flexibility index (Phi) is 5.72. The van der Waals surface area contributed by atoms with Gasteiger partial charge < -0.3 is 15.4 Å². The number of ether oxygens (including phenoxy) is 1. The largest absolute Gasteiger partial charge is 0.471 e. The molecule has 2 rings (SSSR count). The molecule has 1 aromatic heterocycles. The van der Waals surface area contributed by atoms with Crippen molar-refractivity contribution in [2.75, 3.05) is 6.61 Å². The Bertz CT molecular complexity index is 561. The van der Waals surface area contributed by atoms with Crippen LogP contribution in [0.1, 0.15) is 29.4 Å². The fourth-order valence-electron chi connectivity index (χ4n) is 1.55. The van der Waals surface area contributed by atoms with Crippen LogP contribution in [0.15, 0.2) is 8.26 Å². The minimum Gasteiger partial charge on any atom is -0.471 e. The van der Waals surface area contributed by atoms with Crippen LogP contribution >= 0.6 is 78.0 Å². The van der Waals surface area contributed by atoms with Crippen molar-refractivity contribution in [1.29, 1.82) is 0 Å². The van der Waals surface area contributed by atoms with Gasteiger partial charge in [0.05, 0.1) is 18.4 Å². The van der Waals surface area contributed by atoms with Gasteiger partial charge in [-0.25, -0.2) is 0 Å². The van der Waals surface area contributed by atoms with Crippen LogP contribution in [0.25, 0.3) is 0 Å². The molecule has 1 saturated carbocycles. The van der Waals surface area contributed by atoms with Crippen molar-refractivity contribution in [1.82, 2.24) is 10.6 Å². The fourth-order valence-corrected chi connectivity index (χ4v) is 5.23. The van der Waals surface area contributed by atoms with Crippen molar-refractivity contribution in [2.24, 2.45) is 0 Å². The highest BCUT2D eigenvalue weighted by Crippen LogP contribution is 2.39. The van der Waals surface area contributed by atoms with Crippen molar-refractivity contribution in [3.63, 3.8) is 0 Å². The zero-order chi connectivity index (χ0) is 14.9. The monoisotopic (exact) mass is 552 g/mol. The smallest absolute Gasteiger partial charge is 0.264 e. The van der Waals surface area contributed by atoms with Gasteiger partial charge in [-0.3, -0.25) is 4.79 Å². The molecule has 0 atom stereocenters. The number of carbonyl (C=O) groups is 1. The summed E-state index contributed by atoms with van der Waals surface area (Å²) in [7, 11) is 0. The lowest BCUT2D eigenvalue weighted by Crippen LogP contribution is -2.50. The number of halogens is 3. The lowest BCUT2D eigenvalue weighted by molar-refractivity contribution is 0.0929. The van der Waals surface area contributed by atoms with Gasteiger partial charge in [0.1, 0.15) is 10.5 Å². The van der Waals surface area contributed by atoms with Gasteiger partial charge in [0, 0.05) is 0 Å². The Morgan fingerprint density at radius 2 is 2.15 bits per heavy atom. The van der Waals surface area contributed by atoms with Crippen LogP contribution < -0.4 is 10.6 Å². The van der Waals surface area contributed by atoms with Gasteiger partial charge in [0.2, 0.25) is 0 Å².